The van der Waals surface area contributed by atoms with Gasteiger partial charge < -0.3 is 10.1 Å². The lowest BCUT2D eigenvalue weighted by Gasteiger charge is -2.43. The number of rotatable bonds is 4. The Bertz CT molecular complexity index is 1550. The molecule has 1 amide bonds. The zero-order chi connectivity index (χ0) is 27.4. The number of amides is 1. The smallest absolute Gasteiger partial charge is 0.212 e. The lowest BCUT2D eigenvalue weighted by atomic mass is 9.26. The molecule has 2 bridgehead atoms. The predicted molar refractivity (Wildman–Crippen MR) is 143 cm³/mol. The Morgan fingerprint density at radius 2 is 1.92 bits per heavy atom. The average molecular weight is 496 g/mol. The molecule has 3 aromatic heterocycles. The number of ether oxygens (including phenoxy) is 1. The van der Waals surface area contributed by atoms with Crippen LogP contribution in [0, 0.1) is 5.82 Å². The Morgan fingerprint density at radius 3 is 2.63 bits per heavy atom. The van der Waals surface area contributed by atoms with Gasteiger partial charge in [-0.3, -0.25) is 9.48 Å². The van der Waals surface area contributed by atoms with Gasteiger partial charge in [0.15, 0.2) is 11.6 Å². The van der Waals surface area contributed by atoms with Crippen molar-refractivity contribution in [3.8, 4) is 28.3 Å². The summed E-state index contributed by atoms with van der Waals surface area (Å²) < 4.78 is 21.8. The van der Waals surface area contributed by atoms with Gasteiger partial charge in [0.25, 0.3) is 0 Å². The van der Waals surface area contributed by atoms with Crippen LogP contribution >= 0.6 is 0 Å². The third kappa shape index (κ3) is 4.33. The van der Waals surface area contributed by atoms with Crippen LogP contribution < -0.4 is 10.1 Å². The number of nitrogens with zero attached hydrogens (tertiary/aromatic N) is 6. The SMILES string of the molecule is [B]C([B])([B])C([B])([B])n1ncc2c1-c1cnc(NC=O)c(c1)O[C@H](C)c1cc(F)ccc1-c1nn(C)nc1C2. The number of aryl methyl sites for hydroxylation is 1. The van der Waals surface area contributed by atoms with Crippen LogP contribution in [0.2, 0.25) is 5.11 Å². The van der Waals surface area contributed by atoms with Crippen LogP contribution in [0.25, 0.3) is 22.5 Å². The number of carbonyl (C=O) groups is 1. The minimum absolute atomic E-state index is 0.135. The van der Waals surface area contributed by atoms with Crippen molar-refractivity contribution >= 4 is 51.5 Å². The molecule has 1 aliphatic rings. The second kappa shape index (κ2) is 9.22. The minimum Gasteiger partial charge on any atom is -0.482 e. The number of fused-ring (bicyclic) bond motifs is 7. The molecule has 1 aliphatic heterocycles. The summed E-state index contributed by atoms with van der Waals surface area (Å²) in [5.41, 5.74) is 3.67. The fraction of sp³-hybridized carbons (Fsp3) is 0.261. The lowest BCUT2D eigenvalue weighted by Crippen LogP contribution is -2.49. The molecule has 0 aliphatic carbocycles. The first-order valence-corrected chi connectivity index (χ1v) is 11.5. The van der Waals surface area contributed by atoms with E-state index in [9.17, 15) is 9.18 Å². The standard InChI is InChI=1S/C23H17B5FN7O2/c1-11-16-7-14(29)3-4-15(16)19-17(33-35(2)34-19)5-12-9-32-36(23(27,28)22(24,25)26)20(12)13-6-18(38-11)21(30-8-13)31-10-37/h3-4,6-11H,5H2,1-2H3,(H,30,31,37)/t11-/m1/s1. The van der Waals surface area contributed by atoms with Crippen molar-refractivity contribution in [3.63, 3.8) is 0 Å². The number of hydrogen-bond acceptors (Lipinski definition) is 6. The zero-order valence-corrected chi connectivity index (χ0v) is 20.6. The summed E-state index contributed by atoms with van der Waals surface area (Å²) in [7, 11) is 32.0. The Morgan fingerprint density at radius 1 is 1.16 bits per heavy atom. The van der Waals surface area contributed by atoms with Crippen molar-refractivity contribution < 1.29 is 13.9 Å². The summed E-state index contributed by atoms with van der Waals surface area (Å²) >= 11 is 0. The van der Waals surface area contributed by atoms with Crippen molar-refractivity contribution in [3.05, 3.63) is 59.3 Å². The molecule has 10 radical (unpaired) electrons. The van der Waals surface area contributed by atoms with Crippen LogP contribution in [0.3, 0.4) is 0 Å². The summed E-state index contributed by atoms with van der Waals surface area (Å²) in [6.45, 7) is 1.74. The molecule has 1 aromatic carbocycles. The van der Waals surface area contributed by atoms with Gasteiger partial charge in [0, 0.05) is 41.9 Å². The van der Waals surface area contributed by atoms with E-state index < -0.39 is 22.4 Å². The Labute approximate surface area is 225 Å². The van der Waals surface area contributed by atoms with E-state index in [1.54, 1.807) is 26.1 Å². The van der Waals surface area contributed by atoms with Gasteiger partial charge >= 0.3 is 0 Å². The molecule has 0 unspecified atom stereocenters. The minimum atomic E-state index is -2.07. The van der Waals surface area contributed by atoms with Crippen LogP contribution in [0.4, 0.5) is 10.2 Å². The highest BCUT2D eigenvalue weighted by atomic mass is 19.1. The maximum absolute atomic E-state index is 14.4. The first kappa shape index (κ1) is 25.9. The molecule has 1 atom stereocenters. The number of nitrogens with one attached hydrogen (secondary N) is 1. The molecule has 0 saturated carbocycles. The first-order valence-electron chi connectivity index (χ1n) is 11.5. The van der Waals surface area contributed by atoms with Crippen LogP contribution in [-0.4, -0.2) is 75.4 Å². The van der Waals surface area contributed by atoms with Crippen molar-refractivity contribution in [1.82, 2.24) is 29.8 Å². The van der Waals surface area contributed by atoms with Gasteiger partial charge in [-0.05, 0) is 36.5 Å². The number of carbonyl (C=O) groups excluding carboxylic acids is 1. The highest BCUT2D eigenvalue weighted by molar-refractivity contribution is 6.66. The molecular weight excluding hydrogens is 479 g/mol. The number of aromatic nitrogens is 6. The Kier molecular flexibility index (Phi) is 6.27. The van der Waals surface area contributed by atoms with E-state index in [0.29, 0.717) is 45.7 Å². The molecule has 4 aromatic rings. The van der Waals surface area contributed by atoms with Gasteiger partial charge in [0.1, 0.15) is 17.6 Å². The Balaban J connectivity index is 1.83. The first-order chi connectivity index (χ1) is 17.9. The second-order valence-electron chi connectivity index (χ2n) is 9.17. The monoisotopic (exact) mass is 497 g/mol. The third-order valence-corrected chi connectivity index (χ3v) is 6.36. The highest BCUT2D eigenvalue weighted by Crippen LogP contribution is 2.41. The molecule has 178 valence electrons. The van der Waals surface area contributed by atoms with E-state index in [2.05, 4.69) is 25.6 Å². The third-order valence-electron chi connectivity index (χ3n) is 6.36. The normalized spacial score (nSPS) is 15.2. The second-order valence-corrected chi connectivity index (χ2v) is 9.17. The molecule has 0 spiro atoms. The summed E-state index contributed by atoms with van der Waals surface area (Å²) in [5.74, 6) is -0.124. The molecule has 1 N–H and O–H groups in total. The number of benzene rings is 1. The van der Waals surface area contributed by atoms with E-state index in [-0.39, 0.29) is 18.0 Å². The van der Waals surface area contributed by atoms with Gasteiger partial charge in [-0.15, -0.1) is 5.11 Å². The van der Waals surface area contributed by atoms with Gasteiger partial charge in [-0.1, -0.05) is 0 Å². The van der Waals surface area contributed by atoms with Crippen molar-refractivity contribution in [2.24, 2.45) is 7.05 Å². The van der Waals surface area contributed by atoms with Gasteiger partial charge in [0.05, 0.1) is 56.8 Å². The topological polar surface area (TPSA) is 99.8 Å². The maximum Gasteiger partial charge on any atom is 0.212 e. The summed E-state index contributed by atoms with van der Waals surface area (Å²) in [6.07, 6.45) is 2.99. The van der Waals surface area contributed by atoms with Crippen molar-refractivity contribution in [1.29, 1.82) is 0 Å². The van der Waals surface area contributed by atoms with E-state index in [0.717, 1.165) is 0 Å². The summed E-state index contributed by atoms with van der Waals surface area (Å²) in [4.78, 5) is 17.0. The van der Waals surface area contributed by atoms with Gasteiger partial charge in [-0.2, -0.15) is 20.1 Å². The number of hydrogen-bond donors (Lipinski definition) is 1. The van der Waals surface area contributed by atoms with Crippen LogP contribution in [0.5, 0.6) is 5.75 Å². The average Bonchev–Trinajstić information content (AvgIpc) is 3.42. The molecule has 15 heteroatoms. The molecule has 0 saturated heterocycles. The molecule has 9 nitrogen and oxygen atoms in total. The largest absolute Gasteiger partial charge is 0.482 e. The lowest BCUT2D eigenvalue weighted by molar-refractivity contribution is -0.105. The summed E-state index contributed by atoms with van der Waals surface area (Å²) in [6, 6.07) is 5.94. The van der Waals surface area contributed by atoms with Gasteiger partial charge in [-0.25, -0.2) is 9.37 Å². The highest BCUT2D eigenvalue weighted by Gasteiger charge is 2.36. The molecule has 5 rings (SSSR count). The number of pyridine rings is 1. The molecular formula is C23H17B5FN7O2. The van der Waals surface area contributed by atoms with Crippen LogP contribution in [0.15, 0.2) is 36.7 Å². The maximum atomic E-state index is 14.4. The van der Waals surface area contributed by atoms with E-state index >= 15 is 0 Å². The fourth-order valence-corrected chi connectivity index (χ4v) is 4.41. The molecule has 4 heterocycles. The number of halogens is 1. The van der Waals surface area contributed by atoms with E-state index in [1.165, 1.54) is 34.0 Å². The van der Waals surface area contributed by atoms with Crippen LogP contribution in [-0.2, 0) is 23.6 Å². The summed E-state index contributed by atoms with van der Waals surface area (Å²) in [5, 5.41) is 11.9. The van der Waals surface area contributed by atoms with E-state index in [4.69, 9.17) is 44.0 Å². The van der Waals surface area contributed by atoms with Crippen molar-refractivity contribution in [2.45, 2.75) is 29.9 Å². The van der Waals surface area contributed by atoms with Crippen LogP contribution in [0.1, 0.15) is 29.8 Å². The predicted octanol–water partition coefficient (Wildman–Crippen LogP) is 1.02. The quantitative estimate of drug-likeness (QED) is 0.335. The Hall–Kier alpha value is -3.76. The zero-order valence-electron chi connectivity index (χ0n) is 20.6. The van der Waals surface area contributed by atoms with E-state index in [1.807, 2.05) is 0 Å². The van der Waals surface area contributed by atoms with Crippen molar-refractivity contribution in [2.75, 3.05) is 5.32 Å². The molecule has 38 heavy (non-hydrogen) atoms. The van der Waals surface area contributed by atoms with Gasteiger partial charge in [0.2, 0.25) is 6.41 Å². The fourth-order valence-electron chi connectivity index (χ4n) is 4.41. The number of anilines is 1. The molecule has 0 fully saturated rings.